The first-order chi connectivity index (χ1) is 9.80. The van der Waals surface area contributed by atoms with Crippen LogP contribution in [0.2, 0.25) is 0 Å². The third kappa shape index (κ3) is 4.41. The van der Waals surface area contributed by atoms with Crippen molar-refractivity contribution < 1.29 is 28.1 Å². The van der Waals surface area contributed by atoms with Gasteiger partial charge in [0.15, 0.2) is 0 Å². The van der Waals surface area contributed by atoms with Gasteiger partial charge in [0.05, 0.1) is 18.3 Å². The van der Waals surface area contributed by atoms with Crippen LogP contribution in [0.15, 0.2) is 24.3 Å². The minimum absolute atomic E-state index is 0.147. The van der Waals surface area contributed by atoms with E-state index in [2.05, 4.69) is 5.32 Å². The molecule has 0 aromatic heterocycles. The lowest BCUT2D eigenvalue weighted by Crippen LogP contribution is -2.42. The minimum atomic E-state index is -4.38. The van der Waals surface area contributed by atoms with Gasteiger partial charge in [0, 0.05) is 26.1 Å². The van der Waals surface area contributed by atoms with Crippen molar-refractivity contribution in [1.82, 2.24) is 5.32 Å². The summed E-state index contributed by atoms with van der Waals surface area (Å²) in [6.07, 6.45) is -4.79. The summed E-state index contributed by atoms with van der Waals surface area (Å²) < 4.78 is 42.4. The van der Waals surface area contributed by atoms with Gasteiger partial charge in [-0.25, -0.2) is 0 Å². The first-order valence-electron chi connectivity index (χ1n) is 6.66. The van der Waals surface area contributed by atoms with Gasteiger partial charge in [-0.1, -0.05) is 12.1 Å². The molecule has 7 heteroatoms. The lowest BCUT2D eigenvalue weighted by atomic mass is 10.0. The number of benzene rings is 1. The Morgan fingerprint density at radius 1 is 1.29 bits per heavy atom. The summed E-state index contributed by atoms with van der Waals surface area (Å²) in [7, 11) is 0. The Hall–Kier alpha value is -1.15. The zero-order valence-electron chi connectivity index (χ0n) is 11.4. The van der Waals surface area contributed by atoms with Gasteiger partial charge >= 0.3 is 6.18 Å². The number of hydrogen-bond donors (Lipinski definition) is 3. The van der Waals surface area contributed by atoms with Crippen molar-refractivity contribution >= 4 is 0 Å². The molecule has 1 aliphatic heterocycles. The van der Waals surface area contributed by atoms with Gasteiger partial charge in [-0.05, 0) is 17.7 Å². The van der Waals surface area contributed by atoms with Crippen molar-refractivity contribution in [3.8, 4) is 0 Å². The number of halogens is 3. The minimum Gasteiger partial charge on any atom is -0.387 e. The Morgan fingerprint density at radius 3 is 2.48 bits per heavy atom. The molecular weight excluding hydrogens is 287 g/mol. The molecule has 0 aliphatic carbocycles. The van der Waals surface area contributed by atoms with E-state index in [0.717, 1.165) is 12.1 Å². The van der Waals surface area contributed by atoms with E-state index in [1.54, 1.807) is 0 Å². The first-order valence-corrected chi connectivity index (χ1v) is 6.66. The lowest BCUT2D eigenvalue weighted by Gasteiger charge is -2.22. The van der Waals surface area contributed by atoms with E-state index in [-0.39, 0.29) is 19.7 Å². The maximum Gasteiger partial charge on any atom is 0.416 e. The molecule has 1 aromatic rings. The highest BCUT2D eigenvalue weighted by atomic mass is 19.4. The molecule has 4 nitrogen and oxygen atoms in total. The predicted molar refractivity (Wildman–Crippen MR) is 69.7 cm³/mol. The van der Waals surface area contributed by atoms with Crippen LogP contribution in [0.4, 0.5) is 13.2 Å². The number of nitrogens with one attached hydrogen (secondary N) is 1. The largest absolute Gasteiger partial charge is 0.416 e. The highest BCUT2D eigenvalue weighted by Crippen LogP contribution is 2.29. The van der Waals surface area contributed by atoms with Crippen LogP contribution in [0, 0.1) is 0 Å². The molecule has 0 spiro atoms. The first kappa shape index (κ1) is 16.2. The standard InChI is InChI=1S/C14H18F3NO3/c15-14(16,17)11-3-1-10(2-4-11)12(19)7-18-8-13(20)5-6-21-9-13/h1-4,12,18-20H,5-9H2. The molecule has 0 radical (unpaired) electrons. The van der Waals surface area contributed by atoms with Crippen LogP contribution in [0.3, 0.4) is 0 Å². The van der Waals surface area contributed by atoms with Crippen molar-refractivity contribution in [3.05, 3.63) is 35.4 Å². The van der Waals surface area contributed by atoms with Gasteiger partial charge in [0.1, 0.15) is 5.60 Å². The zero-order chi connectivity index (χ0) is 15.5. The van der Waals surface area contributed by atoms with Crippen molar-refractivity contribution in [1.29, 1.82) is 0 Å². The second kappa shape index (κ2) is 6.31. The number of aliphatic hydroxyl groups excluding tert-OH is 1. The summed E-state index contributed by atoms with van der Waals surface area (Å²) in [6, 6.07) is 4.39. The summed E-state index contributed by atoms with van der Waals surface area (Å²) in [4.78, 5) is 0. The molecule has 21 heavy (non-hydrogen) atoms. The summed E-state index contributed by atoms with van der Waals surface area (Å²) in [5.74, 6) is 0. The smallest absolute Gasteiger partial charge is 0.387 e. The third-order valence-electron chi connectivity index (χ3n) is 3.50. The average Bonchev–Trinajstić information content (AvgIpc) is 2.85. The molecule has 2 unspecified atom stereocenters. The van der Waals surface area contributed by atoms with Crippen LogP contribution in [0.1, 0.15) is 23.7 Å². The average molecular weight is 305 g/mol. The molecule has 0 amide bonds. The van der Waals surface area contributed by atoms with Crippen LogP contribution in [0.5, 0.6) is 0 Å². The Morgan fingerprint density at radius 2 is 1.95 bits per heavy atom. The molecule has 0 bridgehead atoms. The van der Waals surface area contributed by atoms with Crippen LogP contribution in [-0.2, 0) is 10.9 Å². The number of alkyl halides is 3. The van der Waals surface area contributed by atoms with Gasteiger partial charge in [-0.15, -0.1) is 0 Å². The Labute approximate surface area is 120 Å². The van der Waals surface area contributed by atoms with E-state index < -0.39 is 23.4 Å². The number of aliphatic hydroxyl groups is 2. The fourth-order valence-corrected chi connectivity index (χ4v) is 2.19. The molecule has 1 saturated heterocycles. The van der Waals surface area contributed by atoms with Crippen LogP contribution < -0.4 is 5.32 Å². The van der Waals surface area contributed by atoms with E-state index in [1.807, 2.05) is 0 Å². The molecule has 1 aliphatic rings. The van der Waals surface area contributed by atoms with E-state index in [9.17, 15) is 23.4 Å². The summed E-state index contributed by atoms with van der Waals surface area (Å²) in [5, 5.41) is 22.8. The normalized spacial score (nSPS) is 24.2. The Balaban J connectivity index is 1.84. The lowest BCUT2D eigenvalue weighted by molar-refractivity contribution is -0.137. The molecule has 1 fully saturated rings. The quantitative estimate of drug-likeness (QED) is 0.771. The Kier molecular flexibility index (Phi) is 4.88. The van der Waals surface area contributed by atoms with Gasteiger partial charge in [0.25, 0.3) is 0 Å². The second-order valence-electron chi connectivity index (χ2n) is 5.29. The second-order valence-corrected chi connectivity index (χ2v) is 5.29. The molecule has 3 N–H and O–H groups in total. The molecule has 1 aromatic carbocycles. The Bertz CT molecular complexity index is 456. The highest BCUT2D eigenvalue weighted by molar-refractivity contribution is 5.26. The fraction of sp³-hybridized carbons (Fsp3) is 0.571. The maximum absolute atomic E-state index is 12.4. The number of hydrogen-bond acceptors (Lipinski definition) is 4. The predicted octanol–water partition coefficient (Wildman–Crippen LogP) is 1.48. The molecule has 2 atom stereocenters. The van der Waals surface area contributed by atoms with Crippen LogP contribution in [0.25, 0.3) is 0 Å². The highest BCUT2D eigenvalue weighted by Gasteiger charge is 2.32. The number of ether oxygens (including phenoxy) is 1. The zero-order valence-corrected chi connectivity index (χ0v) is 11.4. The van der Waals surface area contributed by atoms with Gasteiger partial charge in [-0.3, -0.25) is 0 Å². The number of rotatable bonds is 5. The fourth-order valence-electron chi connectivity index (χ4n) is 2.19. The molecule has 2 rings (SSSR count). The van der Waals surface area contributed by atoms with E-state index >= 15 is 0 Å². The summed E-state index contributed by atoms with van der Waals surface area (Å²) in [6.45, 7) is 1.16. The van der Waals surface area contributed by atoms with Crippen LogP contribution >= 0.6 is 0 Å². The molecule has 1 heterocycles. The van der Waals surface area contributed by atoms with Crippen molar-refractivity contribution in [3.63, 3.8) is 0 Å². The third-order valence-corrected chi connectivity index (χ3v) is 3.50. The molecule has 0 saturated carbocycles. The summed E-state index contributed by atoms with van der Waals surface area (Å²) in [5.41, 5.74) is -1.28. The van der Waals surface area contributed by atoms with Gasteiger partial charge in [-0.2, -0.15) is 13.2 Å². The van der Waals surface area contributed by atoms with Crippen molar-refractivity contribution in [2.75, 3.05) is 26.3 Å². The topological polar surface area (TPSA) is 61.7 Å². The molecular formula is C14H18F3NO3. The van der Waals surface area contributed by atoms with E-state index in [1.165, 1.54) is 12.1 Å². The van der Waals surface area contributed by atoms with E-state index in [0.29, 0.717) is 18.6 Å². The molecule has 118 valence electrons. The SMILES string of the molecule is OC(CNCC1(O)CCOC1)c1ccc(C(F)(F)F)cc1. The van der Waals surface area contributed by atoms with Crippen LogP contribution in [-0.4, -0.2) is 42.1 Å². The monoisotopic (exact) mass is 305 g/mol. The van der Waals surface area contributed by atoms with Gasteiger partial charge in [0.2, 0.25) is 0 Å². The van der Waals surface area contributed by atoms with Crippen molar-refractivity contribution in [2.45, 2.75) is 24.3 Å². The van der Waals surface area contributed by atoms with Gasteiger partial charge < -0.3 is 20.3 Å². The maximum atomic E-state index is 12.4. The van der Waals surface area contributed by atoms with E-state index in [4.69, 9.17) is 4.74 Å². The summed E-state index contributed by atoms with van der Waals surface area (Å²) >= 11 is 0. The van der Waals surface area contributed by atoms with Crippen molar-refractivity contribution in [2.24, 2.45) is 0 Å².